The first-order chi connectivity index (χ1) is 11.7. The van der Waals surface area contributed by atoms with Gasteiger partial charge in [-0.2, -0.15) is 0 Å². The van der Waals surface area contributed by atoms with Crippen LogP contribution >= 0.6 is 0 Å². The van der Waals surface area contributed by atoms with Crippen LogP contribution < -0.4 is 14.8 Å². The van der Waals surface area contributed by atoms with E-state index >= 15 is 0 Å². The fraction of sp³-hybridized carbons (Fsp3) is 0.350. The quantitative estimate of drug-likeness (QED) is 0.847. The first-order valence-corrected chi connectivity index (χ1v) is 8.26. The smallest absolute Gasteiger partial charge is 0.224 e. The van der Waals surface area contributed by atoms with Crippen LogP contribution in [0.3, 0.4) is 0 Å². The summed E-state index contributed by atoms with van der Waals surface area (Å²) in [5, 5.41) is 3.20. The number of amides is 1. The Morgan fingerprint density at radius 1 is 1.08 bits per heavy atom. The minimum Gasteiger partial charge on any atom is -0.493 e. The van der Waals surface area contributed by atoms with Gasteiger partial charge in [0.15, 0.2) is 11.5 Å². The normalized spacial score (nSPS) is 14.8. The SMILES string of the molecule is COc1ccc(CC(=O)NC(c2ccccc2)C2CC2)cc1OC. The molecule has 2 aromatic carbocycles. The number of methoxy groups -OCH3 is 2. The number of hydrogen-bond acceptors (Lipinski definition) is 3. The van der Waals surface area contributed by atoms with Gasteiger partial charge in [0.1, 0.15) is 0 Å². The summed E-state index contributed by atoms with van der Waals surface area (Å²) >= 11 is 0. The molecule has 0 aliphatic heterocycles. The summed E-state index contributed by atoms with van der Waals surface area (Å²) in [5.74, 6) is 1.90. The van der Waals surface area contributed by atoms with E-state index in [1.165, 1.54) is 18.4 Å². The van der Waals surface area contributed by atoms with Gasteiger partial charge in [0.25, 0.3) is 0 Å². The molecule has 0 aromatic heterocycles. The highest BCUT2D eigenvalue weighted by molar-refractivity contribution is 5.79. The fourth-order valence-corrected chi connectivity index (χ4v) is 2.96. The molecule has 0 bridgehead atoms. The van der Waals surface area contributed by atoms with Crippen LogP contribution in [0.15, 0.2) is 48.5 Å². The predicted octanol–water partition coefficient (Wildman–Crippen LogP) is 3.51. The van der Waals surface area contributed by atoms with Crippen molar-refractivity contribution in [3.05, 3.63) is 59.7 Å². The van der Waals surface area contributed by atoms with Crippen molar-refractivity contribution < 1.29 is 14.3 Å². The first-order valence-electron chi connectivity index (χ1n) is 8.26. The zero-order chi connectivity index (χ0) is 16.9. The van der Waals surface area contributed by atoms with Crippen molar-refractivity contribution in [2.75, 3.05) is 14.2 Å². The molecule has 0 saturated heterocycles. The molecule has 1 saturated carbocycles. The van der Waals surface area contributed by atoms with Crippen LogP contribution in [0.2, 0.25) is 0 Å². The third-order valence-electron chi connectivity index (χ3n) is 4.38. The van der Waals surface area contributed by atoms with Crippen molar-refractivity contribution in [2.45, 2.75) is 25.3 Å². The second-order valence-corrected chi connectivity index (χ2v) is 6.16. The summed E-state index contributed by atoms with van der Waals surface area (Å²) < 4.78 is 10.5. The summed E-state index contributed by atoms with van der Waals surface area (Å²) in [6, 6.07) is 15.9. The number of benzene rings is 2. The standard InChI is InChI=1S/C20H23NO3/c1-23-17-11-8-14(12-18(17)24-2)13-19(22)21-20(16-9-10-16)15-6-4-3-5-7-15/h3-8,11-12,16,20H,9-10,13H2,1-2H3,(H,21,22). The molecule has 24 heavy (non-hydrogen) atoms. The summed E-state index contributed by atoms with van der Waals surface area (Å²) in [4.78, 5) is 12.5. The molecule has 4 heteroatoms. The van der Waals surface area contributed by atoms with Crippen molar-refractivity contribution in [3.8, 4) is 11.5 Å². The largest absolute Gasteiger partial charge is 0.493 e. The van der Waals surface area contributed by atoms with Crippen molar-refractivity contribution in [1.82, 2.24) is 5.32 Å². The van der Waals surface area contributed by atoms with Crippen molar-refractivity contribution >= 4 is 5.91 Å². The van der Waals surface area contributed by atoms with Gasteiger partial charge < -0.3 is 14.8 Å². The van der Waals surface area contributed by atoms with Gasteiger partial charge in [0, 0.05) is 0 Å². The zero-order valence-electron chi connectivity index (χ0n) is 14.1. The van der Waals surface area contributed by atoms with Crippen LogP contribution in [0.4, 0.5) is 0 Å². The Bertz CT molecular complexity index is 695. The topological polar surface area (TPSA) is 47.6 Å². The van der Waals surface area contributed by atoms with Gasteiger partial charge in [-0.1, -0.05) is 36.4 Å². The van der Waals surface area contributed by atoms with E-state index in [4.69, 9.17) is 9.47 Å². The molecular weight excluding hydrogens is 302 g/mol. The molecule has 4 nitrogen and oxygen atoms in total. The number of rotatable bonds is 7. The van der Waals surface area contributed by atoms with Crippen molar-refractivity contribution in [1.29, 1.82) is 0 Å². The Hall–Kier alpha value is -2.49. The maximum atomic E-state index is 12.5. The highest BCUT2D eigenvalue weighted by Crippen LogP contribution is 2.41. The lowest BCUT2D eigenvalue weighted by Crippen LogP contribution is -2.31. The average Bonchev–Trinajstić information content (AvgIpc) is 3.45. The number of ether oxygens (including phenoxy) is 2. The molecule has 126 valence electrons. The number of nitrogens with one attached hydrogen (secondary N) is 1. The lowest BCUT2D eigenvalue weighted by atomic mass is 10.0. The highest BCUT2D eigenvalue weighted by Gasteiger charge is 2.33. The Morgan fingerprint density at radius 2 is 1.79 bits per heavy atom. The maximum Gasteiger partial charge on any atom is 0.224 e. The van der Waals surface area contributed by atoms with E-state index in [0.717, 1.165) is 5.56 Å². The molecule has 1 fully saturated rings. The van der Waals surface area contributed by atoms with E-state index in [0.29, 0.717) is 23.8 Å². The predicted molar refractivity (Wildman–Crippen MR) is 93.3 cm³/mol. The summed E-state index contributed by atoms with van der Waals surface area (Å²) in [7, 11) is 3.20. The van der Waals surface area contributed by atoms with Crippen molar-refractivity contribution in [2.24, 2.45) is 5.92 Å². The third-order valence-corrected chi connectivity index (χ3v) is 4.38. The molecule has 1 unspecified atom stereocenters. The highest BCUT2D eigenvalue weighted by atomic mass is 16.5. The fourth-order valence-electron chi connectivity index (χ4n) is 2.96. The Balaban J connectivity index is 1.68. The van der Waals surface area contributed by atoms with Gasteiger partial charge in [0.05, 0.1) is 26.7 Å². The van der Waals surface area contributed by atoms with Gasteiger partial charge in [-0.05, 0) is 42.0 Å². The van der Waals surface area contributed by atoms with E-state index in [2.05, 4.69) is 17.4 Å². The molecule has 1 atom stereocenters. The lowest BCUT2D eigenvalue weighted by Gasteiger charge is -2.19. The van der Waals surface area contributed by atoms with Gasteiger partial charge in [0.2, 0.25) is 5.91 Å². The van der Waals surface area contributed by atoms with Crippen molar-refractivity contribution in [3.63, 3.8) is 0 Å². The average molecular weight is 325 g/mol. The van der Waals surface area contributed by atoms with Gasteiger partial charge in [-0.3, -0.25) is 4.79 Å². The van der Waals surface area contributed by atoms with Crippen LogP contribution in [0.5, 0.6) is 11.5 Å². The van der Waals surface area contributed by atoms with Crippen LogP contribution in [-0.2, 0) is 11.2 Å². The number of carbonyl (C=O) groups is 1. The second kappa shape index (κ2) is 7.39. The molecule has 2 aromatic rings. The lowest BCUT2D eigenvalue weighted by molar-refractivity contribution is -0.121. The number of hydrogen-bond donors (Lipinski definition) is 1. The van der Waals surface area contributed by atoms with Gasteiger partial charge in [-0.15, -0.1) is 0 Å². The van der Waals surface area contributed by atoms with E-state index in [9.17, 15) is 4.79 Å². The minimum atomic E-state index is 0.0305. The molecule has 1 N–H and O–H groups in total. The monoisotopic (exact) mass is 325 g/mol. The van der Waals surface area contributed by atoms with E-state index in [-0.39, 0.29) is 11.9 Å². The first kappa shape index (κ1) is 16.4. The minimum absolute atomic E-state index is 0.0305. The molecule has 1 amide bonds. The van der Waals surface area contributed by atoms with E-state index < -0.39 is 0 Å². The molecule has 0 spiro atoms. The maximum absolute atomic E-state index is 12.5. The van der Waals surface area contributed by atoms with Crippen LogP contribution in [0.25, 0.3) is 0 Å². The summed E-state index contributed by atoms with van der Waals surface area (Å²) in [5.41, 5.74) is 2.09. The Kier molecular flexibility index (Phi) is 5.04. The molecular formula is C20H23NO3. The summed E-state index contributed by atoms with van der Waals surface area (Å²) in [6.45, 7) is 0. The van der Waals surface area contributed by atoms with Gasteiger partial charge in [-0.25, -0.2) is 0 Å². The molecule has 0 heterocycles. The Labute approximate surface area is 142 Å². The Morgan fingerprint density at radius 3 is 2.42 bits per heavy atom. The summed E-state index contributed by atoms with van der Waals surface area (Å²) in [6.07, 6.45) is 2.68. The number of carbonyl (C=O) groups excluding carboxylic acids is 1. The van der Waals surface area contributed by atoms with E-state index in [1.807, 2.05) is 36.4 Å². The molecule has 1 aliphatic carbocycles. The second-order valence-electron chi connectivity index (χ2n) is 6.16. The van der Waals surface area contributed by atoms with Crippen LogP contribution in [0.1, 0.15) is 30.0 Å². The van der Waals surface area contributed by atoms with E-state index in [1.54, 1.807) is 14.2 Å². The molecule has 1 aliphatic rings. The molecule has 0 radical (unpaired) electrons. The van der Waals surface area contributed by atoms with Crippen LogP contribution in [0, 0.1) is 5.92 Å². The molecule has 3 rings (SSSR count). The van der Waals surface area contributed by atoms with Gasteiger partial charge >= 0.3 is 0 Å². The zero-order valence-corrected chi connectivity index (χ0v) is 14.1. The van der Waals surface area contributed by atoms with Crippen LogP contribution in [-0.4, -0.2) is 20.1 Å². The third kappa shape index (κ3) is 3.88.